The molecule has 1 heterocycles. The van der Waals surface area contributed by atoms with Gasteiger partial charge in [-0.2, -0.15) is 0 Å². The van der Waals surface area contributed by atoms with Gasteiger partial charge in [0, 0.05) is 6.04 Å². The molecule has 1 unspecified atom stereocenters. The predicted octanol–water partition coefficient (Wildman–Crippen LogP) is 3.30. The molecule has 2 aliphatic rings. The van der Waals surface area contributed by atoms with Gasteiger partial charge < -0.3 is 25.6 Å². The highest BCUT2D eigenvalue weighted by Crippen LogP contribution is 2.37. The first-order valence-electron chi connectivity index (χ1n) is 10.8. The second-order valence-electron chi connectivity index (χ2n) is 8.21. The largest absolute Gasteiger partial charge is 0.490 e. The lowest BCUT2D eigenvalue weighted by Gasteiger charge is -2.31. The molecule has 0 spiro atoms. The molecule has 1 amide bonds. The number of halogens is 1. The summed E-state index contributed by atoms with van der Waals surface area (Å²) < 4.78 is 12.4. The van der Waals surface area contributed by atoms with Crippen LogP contribution in [0, 0.1) is 0 Å². The summed E-state index contributed by atoms with van der Waals surface area (Å²) in [6.45, 7) is -0.335. The minimum absolute atomic E-state index is 0. The number of aryl methyl sites for hydroxylation is 1. The topological polar surface area (TPSA) is 93.8 Å². The van der Waals surface area contributed by atoms with Crippen molar-refractivity contribution in [3.05, 3.63) is 59.7 Å². The smallest absolute Gasteiger partial charge is 0.239 e. The zero-order valence-electron chi connectivity index (χ0n) is 17.5. The van der Waals surface area contributed by atoms with E-state index < -0.39 is 6.04 Å². The lowest BCUT2D eigenvalue weighted by molar-refractivity contribution is -0.124. The van der Waals surface area contributed by atoms with Crippen molar-refractivity contribution in [2.24, 2.45) is 5.73 Å². The summed E-state index contributed by atoms with van der Waals surface area (Å²) in [6, 6.07) is 15.7. The van der Waals surface area contributed by atoms with E-state index in [4.69, 9.17) is 20.3 Å². The Morgan fingerprint density at radius 2 is 1.87 bits per heavy atom. The summed E-state index contributed by atoms with van der Waals surface area (Å²) in [4.78, 5) is 11.8. The minimum atomic E-state index is -0.849. The Labute approximate surface area is 189 Å². The summed E-state index contributed by atoms with van der Waals surface area (Å²) >= 11 is 0. The molecule has 168 valence electrons. The van der Waals surface area contributed by atoms with Gasteiger partial charge >= 0.3 is 0 Å². The first kappa shape index (κ1) is 23.4. The van der Waals surface area contributed by atoms with Crippen LogP contribution in [0.25, 0.3) is 0 Å². The van der Waals surface area contributed by atoms with Gasteiger partial charge in [-0.05, 0) is 67.9 Å². The van der Waals surface area contributed by atoms with E-state index in [1.807, 2.05) is 30.3 Å². The number of benzene rings is 2. The van der Waals surface area contributed by atoms with Crippen LogP contribution >= 0.6 is 12.4 Å². The lowest BCUT2D eigenvalue weighted by Crippen LogP contribution is -2.48. The van der Waals surface area contributed by atoms with E-state index >= 15 is 0 Å². The Kier molecular flexibility index (Phi) is 8.18. The van der Waals surface area contributed by atoms with Crippen LogP contribution in [0.4, 0.5) is 0 Å². The fourth-order valence-electron chi connectivity index (χ4n) is 4.25. The van der Waals surface area contributed by atoms with Crippen LogP contribution < -0.4 is 20.5 Å². The van der Waals surface area contributed by atoms with E-state index in [1.165, 1.54) is 11.1 Å². The lowest BCUT2D eigenvalue weighted by atomic mass is 9.92. The third-order valence-corrected chi connectivity index (χ3v) is 6.01. The van der Waals surface area contributed by atoms with Crippen molar-refractivity contribution < 1.29 is 19.4 Å². The van der Waals surface area contributed by atoms with Crippen LogP contribution in [-0.4, -0.2) is 35.8 Å². The Morgan fingerprint density at radius 3 is 2.58 bits per heavy atom. The zero-order valence-corrected chi connectivity index (χ0v) is 18.4. The van der Waals surface area contributed by atoms with Gasteiger partial charge in [-0.15, -0.1) is 12.4 Å². The maximum atomic E-state index is 11.8. The second-order valence-corrected chi connectivity index (χ2v) is 8.21. The molecule has 1 aliphatic heterocycles. The SMILES string of the molecule is Cl.NC(CO)C(=O)NC1CCC(Oc2ccc3c(c2)CC[C@@H](c2ccccc2)O3)CC1. The summed E-state index contributed by atoms with van der Waals surface area (Å²) in [5, 5.41) is 11.9. The van der Waals surface area contributed by atoms with Crippen molar-refractivity contribution in [2.45, 2.75) is 62.8 Å². The van der Waals surface area contributed by atoms with Gasteiger partial charge in [-0.1, -0.05) is 30.3 Å². The number of nitrogens with two attached hydrogens (primary N) is 1. The quantitative estimate of drug-likeness (QED) is 0.633. The molecule has 2 aromatic rings. The molecule has 4 N–H and O–H groups in total. The van der Waals surface area contributed by atoms with Crippen molar-refractivity contribution in [3.63, 3.8) is 0 Å². The van der Waals surface area contributed by atoms with Crippen molar-refractivity contribution in [1.82, 2.24) is 5.32 Å². The number of aliphatic hydroxyl groups excluding tert-OH is 1. The molecule has 2 aromatic carbocycles. The molecule has 31 heavy (non-hydrogen) atoms. The number of carbonyl (C=O) groups excluding carboxylic acids is 1. The number of nitrogens with one attached hydrogen (secondary N) is 1. The molecule has 1 fully saturated rings. The summed E-state index contributed by atoms with van der Waals surface area (Å²) in [6.07, 6.45) is 5.63. The first-order chi connectivity index (χ1) is 14.6. The Hall–Kier alpha value is -2.28. The number of fused-ring (bicyclic) bond motifs is 1. The molecule has 1 aliphatic carbocycles. The van der Waals surface area contributed by atoms with Gasteiger partial charge in [0.05, 0.1) is 12.7 Å². The molecule has 2 atom stereocenters. The van der Waals surface area contributed by atoms with E-state index in [1.54, 1.807) is 0 Å². The molecule has 0 aromatic heterocycles. The molecule has 4 rings (SSSR count). The van der Waals surface area contributed by atoms with E-state index in [9.17, 15) is 4.79 Å². The number of rotatable bonds is 6. The molecule has 0 radical (unpaired) electrons. The number of hydrogen-bond acceptors (Lipinski definition) is 5. The van der Waals surface area contributed by atoms with E-state index in [-0.39, 0.29) is 43.2 Å². The van der Waals surface area contributed by atoms with Crippen molar-refractivity contribution >= 4 is 18.3 Å². The average Bonchev–Trinajstić information content (AvgIpc) is 2.80. The standard InChI is InChI=1S/C24H30N2O4.ClH/c25-21(15-27)24(28)26-18-7-9-19(10-8-18)29-20-11-13-23-17(14-20)6-12-22(30-23)16-4-2-1-3-5-16;/h1-5,11,13-14,18-19,21-22,27H,6-10,12,15,25H2,(H,26,28);1H/t18?,19?,21?,22-;/m0./s1. The maximum absolute atomic E-state index is 11.8. The monoisotopic (exact) mass is 446 g/mol. The van der Waals surface area contributed by atoms with Crippen molar-refractivity contribution in [3.8, 4) is 11.5 Å². The van der Waals surface area contributed by atoms with Crippen LogP contribution in [-0.2, 0) is 11.2 Å². The maximum Gasteiger partial charge on any atom is 0.239 e. The molecular weight excluding hydrogens is 416 g/mol. The Morgan fingerprint density at radius 1 is 1.13 bits per heavy atom. The molecule has 7 heteroatoms. The molecule has 0 bridgehead atoms. The molecule has 0 saturated heterocycles. The van der Waals surface area contributed by atoms with Gasteiger partial charge in [-0.3, -0.25) is 4.79 Å². The van der Waals surface area contributed by atoms with E-state index in [2.05, 4.69) is 23.5 Å². The normalized spacial score (nSPS) is 23.5. The van der Waals surface area contributed by atoms with E-state index in [0.717, 1.165) is 50.0 Å². The van der Waals surface area contributed by atoms with Gasteiger partial charge in [0.1, 0.15) is 23.6 Å². The highest BCUT2D eigenvalue weighted by atomic mass is 35.5. The third-order valence-electron chi connectivity index (χ3n) is 6.01. The highest BCUT2D eigenvalue weighted by molar-refractivity contribution is 5.85. The Bertz CT molecular complexity index is 856. The van der Waals surface area contributed by atoms with Crippen molar-refractivity contribution in [2.75, 3.05) is 6.61 Å². The number of ether oxygens (including phenoxy) is 2. The van der Waals surface area contributed by atoms with Gasteiger partial charge in [0.15, 0.2) is 0 Å². The van der Waals surface area contributed by atoms with Crippen LogP contribution in [0.5, 0.6) is 11.5 Å². The van der Waals surface area contributed by atoms with Gasteiger partial charge in [-0.25, -0.2) is 0 Å². The average molecular weight is 447 g/mol. The Balaban J connectivity index is 0.00000272. The molecule has 1 saturated carbocycles. The zero-order chi connectivity index (χ0) is 20.9. The number of hydrogen-bond donors (Lipinski definition) is 3. The fraction of sp³-hybridized carbons (Fsp3) is 0.458. The summed E-state index contributed by atoms with van der Waals surface area (Å²) in [5.41, 5.74) is 7.97. The third kappa shape index (κ3) is 5.91. The molecular formula is C24H31ClN2O4. The second kappa shape index (κ2) is 10.8. The van der Waals surface area contributed by atoms with Crippen LogP contribution in [0.2, 0.25) is 0 Å². The first-order valence-corrected chi connectivity index (χ1v) is 10.8. The van der Waals surface area contributed by atoms with Gasteiger partial charge in [0.25, 0.3) is 0 Å². The minimum Gasteiger partial charge on any atom is -0.490 e. The van der Waals surface area contributed by atoms with E-state index in [0.29, 0.717) is 0 Å². The fourth-order valence-corrected chi connectivity index (χ4v) is 4.25. The van der Waals surface area contributed by atoms with Crippen LogP contribution in [0.15, 0.2) is 48.5 Å². The summed E-state index contributed by atoms with van der Waals surface area (Å²) in [5.74, 6) is 1.53. The number of carbonyl (C=O) groups is 1. The van der Waals surface area contributed by atoms with Gasteiger partial charge in [0.2, 0.25) is 5.91 Å². The van der Waals surface area contributed by atoms with Crippen LogP contribution in [0.1, 0.15) is 49.3 Å². The number of aliphatic hydroxyl groups is 1. The van der Waals surface area contributed by atoms with Crippen LogP contribution in [0.3, 0.4) is 0 Å². The van der Waals surface area contributed by atoms with Crippen molar-refractivity contribution in [1.29, 1.82) is 0 Å². The number of amides is 1. The molecule has 6 nitrogen and oxygen atoms in total. The summed E-state index contributed by atoms with van der Waals surface area (Å²) in [7, 11) is 0. The predicted molar refractivity (Wildman–Crippen MR) is 122 cm³/mol. The highest BCUT2D eigenvalue weighted by Gasteiger charge is 2.26.